The first-order chi connectivity index (χ1) is 10.1. The molecule has 2 heterocycles. The second-order valence-electron chi connectivity index (χ2n) is 4.52. The maximum absolute atomic E-state index is 11.6. The van der Waals surface area contributed by atoms with Crippen molar-refractivity contribution in [1.29, 1.82) is 0 Å². The molecular weight excluding hydrogens is 292 g/mol. The van der Waals surface area contributed by atoms with Crippen molar-refractivity contribution in [3.63, 3.8) is 0 Å². The van der Waals surface area contributed by atoms with Gasteiger partial charge in [0.1, 0.15) is 0 Å². The zero-order valence-electron chi connectivity index (χ0n) is 12.5. The van der Waals surface area contributed by atoms with Gasteiger partial charge < -0.3 is 4.74 Å². The van der Waals surface area contributed by atoms with Crippen LogP contribution in [0, 0.1) is 0 Å². The fourth-order valence-electron chi connectivity index (χ4n) is 2.09. The Morgan fingerprint density at radius 1 is 1.38 bits per heavy atom. The van der Waals surface area contributed by atoms with E-state index in [0.29, 0.717) is 23.7 Å². The van der Waals surface area contributed by atoms with Gasteiger partial charge in [0, 0.05) is 12.7 Å². The summed E-state index contributed by atoms with van der Waals surface area (Å²) in [5, 5.41) is 9.32. The van der Waals surface area contributed by atoms with Crippen molar-refractivity contribution in [3.8, 4) is 0 Å². The van der Waals surface area contributed by atoms with Crippen LogP contribution < -0.4 is 0 Å². The first-order valence-corrected chi connectivity index (χ1v) is 7.42. The van der Waals surface area contributed by atoms with E-state index < -0.39 is 0 Å². The van der Waals surface area contributed by atoms with Crippen LogP contribution in [-0.2, 0) is 24.2 Å². The van der Waals surface area contributed by atoms with Crippen LogP contribution in [0.3, 0.4) is 0 Å². The Hall–Kier alpha value is -1.82. The molecule has 0 atom stereocenters. The van der Waals surface area contributed by atoms with Crippen LogP contribution in [-0.4, -0.2) is 32.1 Å². The first kappa shape index (κ1) is 15.6. The van der Waals surface area contributed by atoms with Gasteiger partial charge in [-0.05, 0) is 20.3 Å². The van der Waals surface area contributed by atoms with Crippen LogP contribution in [0.2, 0.25) is 5.02 Å². The number of ether oxygens (including phenoxy) is 1. The third-order valence-corrected chi connectivity index (χ3v) is 3.59. The summed E-state index contributed by atoms with van der Waals surface area (Å²) < 4.78 is 8.48. The summed E-state index contributed by atoms with van der Waals surface area (Å²) >= 11 is 6.36. The highest BCUT2D eigenvalue weighted by molar-refractivity contribution is 6.31. The summed E-state index contributed by atoms with van der Waals surface area (Å²) in [4.78, 5) is 11.6. The van der Waals surface area contributed by atoms with Gasteiger partial charge in [-0.15, -0.1) is 0 Å². The molecule has 0 radical (unpaired) electrons. The molecule has 0 aliphatic heterocycles. The number of hydrogen-bond donors (Lipinski definition) is 0. The van der Waals surface area contributed by atoms with E-state index in [4.69, 9.17) is 16.3 Å². The molecule has 21 heavy (non-hydrogen) atoms. The fraction of sp³-hybridized carbons (Fsp3) is 0.500. The normalized spacial score (nSPS) is 10.9. The molecular formula is C14H19ClN4O2. The predicted molar refractivity (Wildman–Crippen MR) is 79.6 cm³/mol. The lowest BCUT2D eigenvalue weighted by Gasteiger charge is -2.05. The number of halogens is 1. The molecule has 6 nitrogen and oxygen atoms in total. The molecule has 0 N–H and O–H groups in total. The minimum Gasteiger partial charge on any atom is -0.462 e. The number of rotatable bonds is 6. The van der Waals surface area contributed by atoms with E-state index in [1.165, 1.54) is 6.20 Å². The monoisotopic (exact) mass is 310 g/mol. The zero-order valence-corrected chi connectivity index (χ0v) is 13.2. The maximum Gasteiger partial charge on any atom is 0.341 e. The highest BCUT2D eigenvalue weighted by atomic mass is 35.5. The average molecular weight is 311 g/mol. The second-order valence-corrected chi connectivity index (χ2v) is 4.90. The molecule has 7 heteroatoms. The highest BCUT2D eigenvalue weighted by Crippen LogP contribution is 2.22. The maximum atomic E-state index is 11.6. The van der Waals surface area contributed by atoms with E-state index in [1.54, 1.807) is 17.8 Å². The number of aryl methyl sites for hydroxylation is 2. The molecule has 0 bridgehead atoms. The Labute approximate surface area is 128 Å². The number of nitrogens with zero attached hydrogens (tertiary/aromatic N) is 4. The smallest absolute Gasteiger partial charge is 0.341 e. The zero-order chi connectivity index (χ0) is 15.4. The van der Waals surface area contributed by atoms with Gasteiger partial charge in [-0.3, -0.25) is 9.36 Å². The molecule has 0 fully saturated rings. The summed E-state index contributed by atoms with van der Waals surface area (Å²) in [5.74, 6) is -0.368. The topological polar surface area (TPSA) is 61.9 Å². The van der Waals surface area contributed by atoms with Crippen molar-refractivity contribution >= 4 is 17.6 Å². The summed E-state index contributed by atoms with van der Waals surface area (Å²) in [6.07, 6.45) is 3.94. The molecule has 2 aromatic rings. The van der Waals surface area contributed by atoms with Crippen LogP contribution >= 0.6 is 11.6 Å². The van der Waals surface area contributed by atoms with Crippen molar-refractivity contribution in [2.75, 3.05) is 6.61 Å². The lowest BCUT2D eigenvalue weighted by atomic mass is 10.3. The second kappa shape index (κ2) is 6.76. The van der Waals surface area contributed by atoms with Gasteiger partial charge >= 0.3 is 5.97 Å². The van der Waals surface area contributed by atoms with Gasteiger partial charge in [-0.1, -0.05) is 18.5 Å². The number of aromatic nitrogens is 4. The van der Waals surface area contributed by atoms with Crippen LogP contribution in [0.1, 0.15) is 42.5 Å². The molecule has 114 valence electrons. The lowest BCUT2D eigenvalue weighted by Crippen LogP contribution is -2.09. The summed E-state index contributed by atoms with van der Waals surface area (Å²) in [6.45, 7) is 7.36. The molecule has 0 amide bonds. The Morgan fingerprint density at radius 2 is 2.14 bits per heavy atom. The Balaban J connectivity index is 2.22. The molecule has 0 spiro atoms. The molecule has 2 rings (SSSR count). The third-order valence-electron chi connectivity index (χ3n) is 3.15. The number of carbonyl (C=O) groups excluding carboxylic acids is 1. The number of esters is 1. The van der Waals surface area contributed by atoms with E-state index in [0.717, 1.165) is 24.4 Å². The van der Waals surface area contributed by atoms with Gasteiger partial charge in [0.25, 0.3) is 0 Å². The fourth-order valence-corrected chi connectivity index (χ4v) is 2.42. The minimum atomic E-state index is -0.368. The van der Waals surface area contributed by atoms with Crippen molar-refractivity contribution < 1.29 is 9.53 Å². The Morgan fingerprint density at radius 3 is 2.76 bits per heavy atom. The Kier molecular flexibility index (Phi) is 5.01. The molecule has 0 saturated carbocycles. The van der Waals surface area contributed by atoms with Crippen molar-refractivity contribution in [2.24, 2.45) is 0 Å². The van der Waals surface area contributed by atoms with Crippen molar-refractivity contribution in [2.45, 2.75) is 40.3 Å². The van der Waals surface area contributed by atoms with Gasteiger partial charge in [-0.25, -0.2) is 4.79 Å². The van der Waals surface area contributed by atoms with Crippen LogP contribution in [0.4, 0.5) is 0 Å². The average Bonchev–Trinajstić information content (AvgIpc) is 3.06. The number of carbonyl (C=O) groups is 1. The van der Waals surface area contributed by atoms with Gasteiger partial charge in [0.05, 0.1) is 41.3 Å². The number of hydrogen-bond acceptors (Lipinski definition) is 4. The van der Waals surface area contributed by atoms with Crippen LogP contribution in [0.15, 0.2) is 12.4 Å². The van der Waals surface area contributed by atoms with Crippen molar-refractivity contribution in [1.82, 2.24) is 19.6 Å². The summed E-state index contributed by atoms with van der Waals surface area (Å²) in [6, 6.07) is 0. The third kappa shape index (κ3) is 3.26. The Bertz CT molecular complexity index is 633. The SMILES string of the molecule is CCOC(=O)c1cnn(Cc2c(Cl)c(CC)nn2CC)c1. The van der Waals surface area contributed by atoms with Gasteiger partial charge in [0.15, 0.2) is 0 Å². The van der Waals surface area contributed by atoms with E-state index in [2.05, 4.69) is 10.2 Å². The van der Waals surface area contributed by atoms with E-state index in [1.807, 2.05) is 18.5 Å². The van der Waals surface area contributed by atoms with E-state index >= 15 is 0 Å². The highest BCUT2D eigenvalue weighted by Gasteiger charge is 2.16. The van der Waals surface area contributed by atoms with Crippen LogP contribution in [0.25, 0.3) is 0 Å². The van der Waals surface area contributed by atoms with E-state index in [-0.39, 0.29) is 5.97 Å². The molecule has 0 aliphatic carbocycles. The largest absolute Gasteiger partial charge is 0.462 e. The summed E-state index contributed by atoms with van der Waals surface area (Å²) in [5.41, 5.74) is 2.21. The van der Waals surface area contributed by atoms with E-state index in [9.17, 15) is 4.79 Å². The molecule has 2 aromatic heterocycles. The van der Waals surface area contributed by atoms with Crippen LogP contribution in [0.5, 0.6) is 0 Å². The predicted octanol–water partition coefficient (Wildman–Crippen LogP) is 2.54. The molecule has 0 aromatic carbocycles. The lowest BCUT2D eigenvalue weighted by molar-refractivity contribution is 0.0526. The molecule has 0 unspecified atom stereocenters. The quantitative estimate of drug-likeness (QED) is 0.769. The molecule has 0 saturated heterocycles. The minimum absolute atomic E-state index is 0.346. The molecule has 0 aliphatic rings. The van der Waals surface area contributed by atoms with Crippen molar-refractivity contribution in [3.05, 3.63) is 34.4 Å². The van der Waals surface area contributed by atoms with Gasteiger partial charge in [0.2, 0.25) is 0 Å². The summed E-state index contributed by atoms with van der Waals surface area (Å²) in [7, 11) is 0. The first-order valence-electron chi connectivity index (χ1n) is 7.04. The standard InChI is InChI=1S/C14H19ClN4O2/c1-4-11-13(15)12(19(5-2)17-11)9-18-8-10(7-16-18)14(20)21-6-3/h7-8H,4-6,9H2,1-3H3. The van der Waals surface area contributed by atoms with Gasteiger partial charge in [-0.2, -0.15) is 10.2 Å².